The summed E-state index contributed by atoms with van der Waals surface area (Å²) in [6.45, 7) is 6.12. The molecule has 0 amide bonds. The summed E-state index contributed by atoms with van der Waals surface area (Å²) >= 11 is 8.21. The zero-order valence-electron chi connectivity index (χ0n) is 11.6. The van der Waals surface area contributed by atoms with Gasteiger partial charge in [-0.25, -0.2) is 0 Å². The molecule has 2 nitrogen and oxygen atoms in total. The van der Waals surface area contributed by atoms with Gasteiger partial charge in [-0.05, 0) is 44.0 Å². The molecule has 1 aliphatic heterocycles. The molecule has 106 valence electrons. The molecule has 1 N–H and O–H groups in total. The quantitative estimate of drug-likeness (QED) is 0.792. The Morgan fingerprint density at radius 2 is 2.37 bits per heavy atom. The van der Waals surface area contributed by atoms with E-state index >= 15 is 0 Å². The molecule has 2 unspecified atom stereocenters. The van der Waals surface area contributed by atoms with Crippen LogP contribution in [0.1, 0.15) is 38.3 Å². The lowest BCUT2D eigenvalue weighted by Gasteiger charge is -2.15. The minimum atomic E-state index is 0.301. The van der Waals surface area contributed by atoms with Crippen LogP contribution in [0.15, 0.2) is 23.1 Å². The van der Waals surface area contributed by atoms with Crippen LogP contribution in [0, 0.1) is 0 Å². The van der Waals surface area contributed by atoms with Crippen molar-refractivity contribution in [2.45, 2.75) is 43.7 Å². The average molecular weight is 300 g/mol. The zero-order valence-corrected chi connectivity index (χ0v) is 13.2. The van der Waals surface area contributed by atoms with Crippen LogP contribution in [-0.4, -0.2) is 25.0 Å². The second-order valence-corrected chi connectivity index (χ2v) is 6.41. The molecular formula is C15H22ClNOS. The number of nitrogens with one attached hydrogen (secondary N) is 1. The largest absolute Gasteiger partial charge is 0.377 e. The van der Waals surface area contributed by atoms with Crippen molar-refractivity contribution in [3.63, 3.8) is 0 Å². The highest BCUT2D eigenvalue weighted by Gasteiger charge is 2.16. The molecule has 1 fully saturated rings. The third-order valence-electron chi connectivity index (χ3n) is 3.41. The minimum Gasteiger partial charge on any atom is -0.377 e. The molecule has 0 aliphatic carbocycles. The normalized spacial score (nSPS) is 20.7. The highest BCUT2D eigenvalue weighted by Crippen LogP contribution is 2.30. The fraction of sp³-hybridized carbons (Fsp3) is 0.600. The van der Waals surface area contributed by atoms with Gasteiger partial charge in [0.15, 0.2) is 0 Å². The standard InChI is InChI=1S/C15H22ClNOS/c1-3-17-11(2)14-7-6-13(9-15(14)16)19-10-12-5-4-8-18-12/h6-7,9,11-12,17H,3-5,8,10H2,1-2H3. The Morgan fingerprint density at radius 3 is 3.00 bits per heavy atom. The van der Waals surface area contributed by atoms with Gasteiger partial charge < -0.3 is 10.1 Å². The molecule has 1 heterocycles. The van der Waals surface area contributed by atoms with E-state index in [0.717, 1.165) is 23.9 Å². The first-order chi connectivity index (χ1) is 9.20. The Hall–Kier alpha value is -0.220. The lowest BCUT2D eigenvalue weighted by atomic mass is 10.1. The third kappa shape index (κ3) is 4.38. The van der Waals surface area contributed by atoms with Gasteiger partial charge in [0.1, 0.15) is 0 Å². The van der Waals surface area contributed by atoms with E-state index in [-0.39, 0.29) is 0 Å². The fourth-order valence-corrected chi connectivity index (χ4v) is 3.75. The number of benzene rings is 1. The van der Waals surface area contributed by atoms with Crippen molar-refractivity contribution in [1.82, 2.24) is 5.32 Å². The monoisotopic (exact) mass is 299 g/mol. The van der Waals surface area contributed by atoms with E-state index in [9.17, 15) is 0 Å². The maximum Gasteiger partial charge on any atom is 0.0669 e. The van der Waals surface area contributed by atoms with Gasteiger partial charge in [-0.15, -0.1) is 11.8 Å². The van der Waals surface area contributed by atoms with Crippen molar-refractivity contribution in [2.24, 2.45) is 0 Å². The number of ether oxygens (including phenoxy) is 1. The first-order valence-corrected chi connectivity index (χ1v) is 8.34. The van der Waals surface area contributed by atoms with Crippen LogP contribution in [0.2, 0.25) is 5.02 Å². The summed E-state index contributed by atoms with van der Waals surface area (Å²) in [6.07, 6.45) is 2.81. The third-order valence-corrected chi connectivity index (χ3v) is 4.86. The summed E-state index contributed by atoms with van der Waals surface area (Å²) in [5, 5.41) is 4.24. The van der Waals surface area contributed by atoms with Crippen LogP contribution >= 0.6 is 23.4 Å². The van der Waals surface area contributed by atoms with Gasteiger partial charge in [0, 0.05) is 28.3 Å². The number of thioether (sulfide) groups is 1. The minimum absolute atomic E-state index is 0.301. The summed E-state index contributed by atoms with van der Waals surface area (Å²) < 4.78 is 5.63. The van der Waals surface area contributed by atoms with Crippen molar-refractivity contribution < 1.29 is 4.74 Å². The van der Waals surface area contributed by atoms with Gasteiger partial charge >= 0.3 is 0 Å². The van der Waals surface area contributed by atoms with Gasteiger partial charge in [0.25, 0.3) is 0 Å². The Morgan fingerprint density at radius 1 is 1.53 bits per heavy atom. The Labute approximate surface area is 125 Å². The summed E-state index contributed by atoms with van der Waals surface area (Å²) in [6, 6.07) is 6.67. The lowest BCUT2D eigenvalue weighted by molar-refractivity contribution is 0.129. The zero-order chi connectivity index (χ0) is 13.7. The molecule has 4 heteroatoms. The van der Waals surface area contributed by atoms with E-state index in [0.29, 0.717) is 12.1 Å². The second kappa shape index (κ2) is 7.53. The number of hydrogen-bond donors (Lipinski definition) is 1. The van der Waals surface area contributed by atoms with Crippen LogP contribution in [0.3, 0.4) is 0 Å². The topological polar surface area (TPSA) is 21.3 Å². The maximum atomic E-state index is 6.37. The first-order valence-electron chi connectivity index (χ1n) is 6.98. The predicted molar refractivity (Wildman–Crippen MR) is 83.2 cm³/mol. The molecule has 0 bridgehead atoms. The molecule has 1 saturated heterocycles. The smallest absolute Gasteiger partial charge is 0.0669 e. The first kappa shape index (κ1) is 15.2. The fourth-order valence-electron chi connectivity index (χ4n) is 2.33. The molecule has 1 aromatic rings. The van der Waals surface area contributed by atoms with Gasteiger partial charge in [0.05, 0.1) is 6.10 Å². The van der Waals surface area contributed by atoms with Gasteiger partial charge in [-0.1, -0.05) is 24.6 Å². The molecule has 2 atom stereocenters. The summed E-state index contributed by atoms with van der Waals surface area (Å²) in [7, 11) is 0. The van der Waals surface area contributed by atoms with Crippen LogP contribution in [0.5, 0.6) is 0 Å². The van der Waals surface area contributed by atoms with Crippen LogP contribution < -0.4 is 5.32 Å². The Bertz CT molecular complexity index is 407. The van der Waals surface area contributed by atoms with E-state index in [4.69, 9.17) is 16.3 Å². The van der Waals surface area contributed by atoms with E-state index in [1.807, 2.05) is 11.8 Å². The Kier molecular flexibility index (Phi) is 6.02. The number of hydrogen-bond acceptors (Lipinski definition) is 3. The van der Waals surface area contributed by atoms with E-state index < -0.39 is 0 Å². The second-order valence-electron chi connectivity index (χ2n) is 4.91. The maximum absolute atomic E-state index is 6.37. The van der Waals surface area contributed by atoms with Crippen molar-refractivity contribution in [2.75, 3.05) is 18.9 Å². The van der Waals surface area contributed by atoms with Crippen LogP contribution in [0.4, 0.5) is 0 Å². The van der Waals surface area contributed by atoms with E-state index in [1.165, 1.54) is 23.3 Å². The number of halogens is 1. The van der Waals surface area contributed by atoms with Crippen molar-refractivity contribution in [3.05, 3.63) is 28.8 Å². The van der Waals surface area contributed by atoms with Crippen molar-refractivity contribution >= 4 is 23.4 Å². The molecule has 19 heavy (non-hydrogen) atoms. The molecule has 1 aromatic carbocycles. The van der Waals surface area contributed by atoms with Crippen molar-refractivity contribution in [3.8, 4) is 0 Å². The molecule has 0 radical (unpaired) electrons. The molecule has 0 saturated carbocycles. The highest BCUT2D eigenvalue weighted by molar-refractivity contribution is 7.99. The number of rotatable bonds is 6. The Balaban J connectivity index is 1.93. The van der Waals surface area contributed by atoms with Crippen molar-refractivity contribution in [1.29, 1.82) is 0 Å². The molecule has 2 rings (SSSR count). The average Bonchev–Trinajstić information content (AvgIpc) is 2.89. The highest BCUT2D eigenvalue weighted by atomic mass is 35.5. The summed E-state index contributed by atoms with van der Waals surface area (Å²) in [5.74, 6) is 1.03. The molecule has 0 aromatic heterocycles. The van der Waals surface area contributed by atoms with Gasteiger partial charge in [-0.3, -0.25) is 0 Å². The van der Waals surface area contributed by atoms with E-state index in [1.54, 1.807) is 0 Å². The molecule has 0 spiro atoms. The molecule has 1 aliphatic rings. The van der Waals surface area contributed by atoms with Gasteiger partial charge in [-0.2, -0.15) is 0 Å². The lowest BCUT2D eigenvalue weighted by Crippen LogP contribution is -2.17. The summed E-state index contributed by atoms with van der Waals surface area (Å²) in [4.78, 5) is 1.23. The summed E-state index contributed by atoms with van der Waals surface area (Å²) in [5.41, 5.74) is 1.17. The van der Waals surface area contributed by atoms with E-state index in [2.05, 4.69) is 37.4 Å². The van der Waals surface area contributed by atoms with Gasteiger partial charge in [0.2, 0.25) is 0 Å². The SMILES string of the molecule is CCNC(C)c1ccc(SCC2CCCO2)cc1Cl. The predicted octanol–water partition coefficient (Wildman–Crippen LogP) is 4.28. The van der Waals surface area contributed by atoms with Crippen LogP contribution in [-0.2, 0) is 4.74 Å². The molecular weight excluding hydrogens is 278 g/mol. The van der Waals surface area contributed by atoms with Crippen LogP contribution in [0.25, 0.3) is 0 Å².